The van der Waals surface area contributed by atoms with Crippen LogP contribution in [0.1, 0.15) is 22.5 Å². The third-order valence-electron chi connectivity index (χ3n) is 4.91. The first-order valence-corrected chi connectivity index (χ1v) is 10.2. The number of methoxy groups -OCH3 is 1. The normalized spacial score (nSPS) is 24.9. The van der Waals surface area contributed by atoms with Crippen LogP contribution in [0.3, 0.4) is 0 Å². The van der Waals surface area contributed by atoms with Crippen LogP contribution in [0.5, 0.6) is 5.88 Å². The fourth-order valence-corrected chi connectivity index (χ4v) is 5.50. The number of carbonyl (C=O) groups excluding carboxylic acids is 1. The summed E-state index contributed by atoms with van der Waals surface area (Å²) >= 11 is 3.15. The average Bonchev–Trinajstić information content (AvgIpc) is 3.12. The molecule has 0 saturated carbocycles. The van der Waals surface area contributed by atoms with Crippen LogP contribution < -0.4 is 10.1 Å². The van der Waals surface area contributed by atoms with Gasteiger partial charge in [0.15, 0.2) is 0 Å². The van der Waals surface area contributed by atoms with Gasteiger partial charge in [-0.3, -0.25) is 4.79 Å². The van der Waals surface area contributed by atoms with Gasteiger partial charge >= 0.3 is 0 Å². The van der Waals surface area contributed by atoms with Crippen molar-refractivity contribution in [3.8, 4) is 5.88 Å². The topological polar surface area (TPSA) is 54.5 Å². The highest BCUT2D eigenvalue weighted by Crippen LogP contribution is 2.34. The van der Waals surface area contributed by atoms with E-state index in [4.69, 9.17) is 4.74 Å². The number of fused-ring (bicyclic) bond motifs is 3. The van der Waals surface area contributed by atoms with Crippen molar-refractivity contribution in [3.05, 3.63) is 35.3 Å². The number of thiophene rings is 1. The molecular weight excluding hydrogens is 354 g/mol. The van der Waals surface area contributed by atoms with Gasteiger partial charge < -0.3 is 15.0 Å². The highest BCUT2D eigenvalue weighted by Gasteiger charge is 2.35. The highest BCUT2D eigenvalue weighted by atomic mass is 32.2. The second-order valence-electron chi connectivity index (χ2n) is 6.47. The number of amides is 1. The van der Waals surface area contributed by atoms with Crippen LogP contribution in [-0.4, -0.2) is 48.6 Å². The van der Waals surface area contributed by atoms with Crippen LogP contribution in [-0.2, 0) is 0 Å². The minimum atomic E-state index is 0.0588. The second-order valence-corrected chi connectivity index (χ2v) is 8.93. The van der Waals surface area contributed by atoms with Crippen molar-refractivity contribution in [2.45, 2.75) is 28.0 Å². The van der Waals surface area contributed by atoms with Gasteiger partial charge in [0.05, 0.1) is 16.2 Å². The first-order chi connectivity index (χ1) is 12.2. The van der Waals surface area contributed by atoms with Crippen LogP contribution in [0.15, 0.2) is 39.6 Å². The lowest BCUT2D eigenvalue weighted by molar-refractivity contribution is 0.0622. The van der Waals surface area contributed by atoms with Crippen molar-refractivity contribution in [1.29, 1.82) is 0 Å². The third-order valence-corrected chi connectivity index (χ3v) is 7.11. The van der Waals surface area contributed by atoms with Crippen molar-refractivity contribution >= 4 is 29.0 Å². The van der Waals surface area contributed by atoms with E-state index >= 15 is 0 Å². The Morgan fingerprint density at radius 2 is 2.16 bits per heavy atom. The Kier molecular flexibility index (Phi) is 4.96. The number of nitrogens with one attached hydrogen (secondary N) is 1. The molecule has 1 unspecified atom stereocenters. The molecule has 5 nitrogen and oxygen atoms in total. The van der Waals surface area contributed by atoms with Gasteiger partial charge in [0.25, 0.3) is 5.91 Å². The van der Waals surface area contributed by atoms with Crippen molar-refractivity contribution in [2.24, 2.45) is 5.92 Å². The molecule has 25 heavy (non-hydrogen) atoms. The second kappa shape index (κ2) is 7.35. The summed E-state index contributed by atoms with van der Waals surface area (Å²) in [5.74, 6) is 1.31. The molecule has 2 aromatic heterocycles. The first-order valence-electron chi connectivity index (χ1n) is 8.52. The standard InChI is InChI=1S/C18H21N3O2S2/c1-23-16-4-2-13(10-19-16)24-17-5-3-15(25-17)18(22)20-14-11-21-8-6-12(14)7-9-21/h2-5,10,12,14H,6-9,11H2,1H3,(H,20,22). The number of piperidine rings is 3. The summed E-state index contributed by atoms with van der Waals surface area (Å²) in [5.41, 5.74) is 0. The van der Waals surface area contributed by atoms with Crippen LogP contribution in [0.25, 0.3) is 0 Å². The van der Waals surface area contributed by atoms with Gasteiger partial charge in [-0.05, 0) is 50.0 Å². The Morgan fingerprint density at radius 3 is 2.80 bits per heavy atom. The third kappa shape index (κ3) is 3.83. The molecule has 3 aliphatic rings. The van der Waals surface area contributed by atoms with Gasteiger partial charge in [-0.15, -0.1) is 11.3 Å². The number of ether oxygens (including phenoxy) is 1. The van der Waals surface area contributed by atoms with Gasteiger partial charge in [0, 0.05) is 29.7 Å². The number of nitrogens with zero attached hydrogens (tertiary/aromatic N) is 2. The molecule has 0 radical (unpaired) electrons. The smallest absolute Gasteiger partial charge is 0.261 e. The number of aromatic nitrogens is 1. The molecule has 0 aliphatic carbocycles. The summed E-state index contributed by atoms with van der Waals surface area (Å²) in [4.78, 5) is 21.1. The van der Waals surface area contributed by atoms with Crippen molar-refractivity contribution in [1.82, 2.24) is 15.2 Å². The number of carbonyl (C=O) groups is 1. The molecule has 5 heterocycles. The van der Waals surface area contributed by atoms with E-state index in [1.165, 1.54) is 37.3 Å². The van der Waals surface area contributed by atoms with E-state index in [-0.39, 0.29) is 5.91 Å². The average molecular weight is 376 g/mol. The Balaban J connectivity index is 1.37. The van der Waals surface area contributed by atoms with E-state index in [2.05, 4.69) is 15.2 Å². The Hall–Kier alpha value is -1.57. The lowest BCUT2D eigenvalue weighted by atomic mass is 9.84. The van der Waals surface area contributed by atoms with E-state index < -0.39 is 0 Å². The monoisotopic (exact) mass is 375 g/mol. The summed E-state index contributed by atoms with van der Waals surface area (Å²) in [6, 6.07) is 8.05. The predicted molar refractivity (Wildman–Crippen MR) is 99.6 cm³/mol. The van der Waals surface area contributed by atoms with Crippen molar-refractivity contribution < 1.29 is 9.53 Å². The number of hydrogen-bond acceptors (Lipinski definition) is 6. The Labute approximate surface area is 155 Å². The lowest BCUT2D eigenvalue weighted by Crippen LogP contribution is -2.57. The molecule has 5 rings (SSSR count). The van der Waals surface area contributed by atoms with E-state index in [1.807, 2.05) is 24.3 Å². The summed E-state index contributed by atoms with van der Waals surface area (Å²) in [6.45, 7) is 3.38. The Bertz CT molecular complexity index is 739. The molecule has 2 aromatic rings. The van der Waals surface area contributed by atoms with E-state index in [0.717, 1.165) is 20.5 Å². The van der Waals surface area contributed by atoms with E-state index in [0.29, 0.717) is 17.8 Å². The number of pyridine rings is 1. The van der Waals surface area contributed by atoms with Gasteiger partial charge in [-0.2, -0.15) is 0 Å². The van der Waals surface area contributed by atoms with E-state index in [1.54, 1.807) is 25.1 Å². The molecule has 2 bridgehead atoms. The zero-order valence-corrected chi connectivity index (χ0v) is 15.7. The zero-order valence-electron chi connectivity index (χ0n) is 14.1. The molecule has 3 saturated heterocycles. The highest BCUT2D eigenvalue weighted by molar-refractivity contribution is 8.01. The summed E-state index contributed by atoms with van der Waals surface area (Å²) in [5, 5.41) is 3.25. The number of rotatable bonds is 5. The Morgan fingerprint density at radius 1 is 1.32 bits per heavy atom. The van der Waals surface area contributed by atoms with Crippen LogP contribution >= 0.6 is 23.1 Å². The zero-order chi connectivity index (χ0) is 17.2. The molecule has 1 amide bonds. The SMILES string of the molecule is COc1ccc(Sc2ccc(C(=O)NC3CN4CCC3CC4)s2)cn1. The van der Waals surface area contributed by atoms with Crippen LogP contribution in [0, 0.1) is 5.92 Å². The maximum atomic E-state index is 12.6. The molecule has 3 aliphatic heterocycles. The maximum absolute atomic E-state index is 12.6. The quantitative estimate of drug-likeness (QED) is 0.870. The van der Waals surface area contributed by atoms with Crippen molar-refractivity contribution in [3.63, 3.8) is 0 Å². The van der Waals surface area contributed by atoms with Gasteiger partial charge in [-0.1, -0.05) is 11.8 Å². The lowest BCUT2D eigenvalue weighted by Gasteiger charge is -2.44. The summed E-state index contributed by atoms with van der Waals surface area (Å²) in [6.07, 6.45) is 4.21. The van der Waals surface area contributed by atoms with Crippen LogP contribution in [0.4, 0.5) is 0 Å². The minimum Gasteiger partial charge on any atom is -0.481 e. The molecule has 7 heteroatoms. The minimum absolute atomic E-state index is 0.0588. The van der Waals surface area contributed by atoms with Gasteiger partial charge in [0.2, 0.25) is 5.88 Å². The molecule has 0 spiro atoms. The molecule has 1 atom stereocenters. The predicted octanol–water partition coefficient (Wildman–Crippen LogP) is 3.13. The fraction of sp³-hybridized carbons (Fsp3) is 0.444. The van der Waals surface area contributed by atoms with Crippen molar-refractivity contribution in [2.75, 3.05) is 26.7 Å². The van der Waals surface area contributed by atoms with Crippen LogP contribution in [0.2, 0.25) is 0 Å². The molecule has 1 N–H and O–H groups in total. The van der Waals surface area contributed by atoms with Gasteiger partial charge in [-0.25, -0.2) is 4.98 Å². The first kappa shape index (κ1) is 16.9. The maximum Gasteiger partial charge on any atom is 0.261 e. The fourth-order valence-electron chi connectivity index (χ4n) is 3.53. The number of hydrogen-bond donors (Lipinski definition) is 1. The largest absolute Gasteiger partial charge is 0.481 e. The summed E-state index contributed by atoms with van der Waals surface area (Å²) in [7, 11) is 1.61. The molecule has 3 fully saturated rings. The van der Waals surface area contributed by atoms with Gasteiger partial charge in [0.1, 0.15) is 0 Å². The molecule has 0 aromatic carbocycles. The molecular formula is C18H21N3O2S2. The van der Waals surface area contributed by atoms with E-state index in [9.17, 15) is 4.79 Å². The summed E-state index contributed by atoms with van der Waals surface area (Å²) < 4.78 is 6.16. The molecule has 132 valence electrons.